The molecule has 0 aliphatic rings. The van der Waals surface area contributed by atoms with E-state index in [1.807, 2.05) is 44.2 Å². The van der Waals surface area contributed by atoms with Gasteiger partial charge in [0, 0.05) is 7.05 Å². The fourth-order valence-electron chi connectivity index (χ4n) is 2.96. The lowest BCUT2D eigenvalue weighted by molar-refractivity contribution is 0.0941. The first-order valence-electron chi connectivity index (χ1n) is 9.49. The maximum atomic E-state index is 13.2. The second-order valence-corrected chi connectivity index (χ2v) is 9.47. The Balaban J connectivity index is 1.82. The van der Waals surface area contributed by atoms with Gasteiger partial charge in [-0.05, 0) is 55.1 Å². The van der Waals surface area contributed by atoms with Gasteiger partial charge in [0.25, 0.3) is 15.9 Å². The summed E-state index contributed by atoms with van der Waals surface area (Å²) in [5.74, 6) is 0.248. The quantitative estimate of drug-likeness (QED) is 0.556. The Morgan fingerprint density at radius 1 is 1.10 bits per heavy atom. The zero-order valence-corrected chi connectivity index (χ0v) is 18.7. The number of hydrogen-bond donors (Lipinski definition) is 1. The smallest absolute Gasteiger partial charge is 0.265 e. The number of sulfonamides is 1. The Hall–Kier alpha value is -2.84. The maximum Gasteiger partial charge on any atom is 0.265 e. The van der Waals surface area contributed by atoms with Crippen LogP contribution in [0.4, 0.5) is 5.69 Å². The van der Waals surface area contributed by atoms with Crippen molar-refractivity contribution in [1.29, 1.82) is 0 Å². The molecule has 1 heterocycles. The van der Waals surface area contributed by atoms with E-state index in [0.717, 1.165) is 16.9 Å². The van der Waals surface area contributed by atoms with Crippen LogP contribution < -0.4 is 14.4 Å². The van der Waals surface area contributed by atoms with E-state index in [-0.39, 0.29) is 15.8 Å². The van der Waals surface area contributed by atoms with E-state index in [1.54, 1.807) is 29.6 Å². The number of thiophene rings is 1. The van der Waals surface area contributed by atoms with E-state index >= 15 is 0 Å². The zero-order chi connectivity index (χ0) is 21.7. The van der Waals surface area contributed by atoms with E-state index in [2.05, 4.69) is 5.32 Å². The molecule has 30 heavy (non-hydrogen) atoms. The van der Waals surface area contributed by atoms with E-state index in [9.17, 15) is 13.2 Å². The molecule has 0 radical (unpaired) electrons. The first-order valence-corrected chi connectivity index (χ1v) is 11.8. The largest absolute Gasteiger partial charge is 0.494 e. The predicted octanol–water partition coefficient (Wildman–Crippen LogP) is 4.46. The van der Waals surface area contributed by atoms with Crippen molar-refractivity contribution in [2.45, 2.75) is 24.8 Å². The van der Waals surface area contributed by atoms with Crippen molar-refractivity contribution >= 4 is 33.0 Å². The van der Waals surface area contributed by atoms with Crippen molar-refractivity contribution in [2.75, 3.05) is 18.0 Å². The molecule has 1 amide bonds. The van der Waals surface area contributed by atoms with Crippen LogP contribution in [-0.2, 0) is 10.0 Å². The van der Waals surface area contributed by atoms with Gasteiger partial charge in [-0.2, -0.15) is 0 Å². The number of hydrogen-bond acceptors (Lipinski definition) is 5. The Morgan fingerprint density at radius 2 is 1.77 bits per heavy atom. The summed E-state index contributed by atoms with van der Waals surface area (Å²) in [4.78, 5) is 13.0. The average Bonchev–Trinajstić information content (AvgIpc) is 3.26. The van der Waals surface area contributed by atoms with Crippen molar-refractivity contribution in [2.24, 2.45) is 0 Å². The van der Waals surface area contributed by atoms with Crippen molar-refractivity contribution in [3.63, 3.8) is 0 Å². The Morgan fingerprint density at radius 3 is 2.40 bits per heavy atom. The molecule has 0 bridgehead atoms. The molecule has 0 aliphatic carbocycles. The minimum absolute atomic E-state index is 0.0124. The third-order valence-electron chi connectivity index (χ3n) is 4.63. The second-order valence-electron chi connectivity index (χ2n) is 6.62. The van der Waals surface area contributed by atoms with Crippen molar-refractivity contribution in [3.05, 3.63) is 76.5 Å². The van der Waals surface area contributed by atoms with Crippen molar-refractivity contribution < 1.29 is 17.9 Å². The minimum atomic E-state index is -3.91. The topological polar surface area (TPSA) is 75.7 Å². The van der Waals surface area contributed by atoms with Gasteiger partial charge in [0.05, 0.1) is 18.3 Å². The second kappa shape index (κ2) is 9.32. The van der Waals surface area contributed by atoms with Crippen LogP contribution in [0.3, 0.4) is 0 Å². The molecule has 0 spiro atoms. The molecule has 6 nitrogen and oxygen atoms in total. The third-order valence-corrected chi connectivity index (χ3v) is 7.50. The normalized spacial score (nSPS) is 12.2. The van der Waals surface area contributed by atoms with Gasteiger partial charge in [-0.15, -0.1) is 11.3 Å². The number of amides is 1. The number of carbonyl (C=O) groups excluding carboxylic acids is 1. The lowest BCUT2D eigenvalue weighted by Gasteiger charge is -2.20. The van der Waals surface area contributed by atoms with E-state index < -0.39 is 15.9 Å². The molecule has 158 valence electrons. The molecule has 3 rings (SSSR count). The molecule has 8 heteroatoms. The minimum Gasteiger partial charge on any atom is -0.494 e. The highest BCUT2D eigenvalue weighted by Gasteiger charge is 2.29. The summed E-state index contributed by atoms with van der Waals surface area (Å²) >= 11 is 1.11. The van der Waals surface area contributed by atoms with Gasteiger partial charge < -0.3 is 10.1 Å². The monoisotopic (exact) mass is 444 g/mol. The highest BCUT2D eigenvalue weighted by atomic mass is 32.2. The summed E-state index contributed by atoms with van der Waals surface area (Å²) in [7, 11) is -2.44. The molecule has 1 aromatic heterocycles. The zero-order valence-electron chi connectivity index (χ0n) is 17.0. The van der Waals surface area contributed by atoms with E-state index in [0.29, 0.717) is 18.0 Å². The molecule has 2 aromatic carbocycles. The number of nitrogens with one attached hydrogen (secondary N) is 1. The lowest BCUT2D eigenvalue weighted by Crippen LogP contribution is -2.30. The van der Waals surface area contributed by atoms with Crippen molar-refractivity contribution in [1.82, 2.24) is 5.32 Å². The van der Waals surface area contributed by atoms with Crippen LogP contribution in [0.15, 0.2) is 70.9 Å². The van der Waals surface area contributed by atoms with Gasteiger partial charge in [0.15, 0.2) is 0 Å². The van der Waals surface area contributed by atoms with Gasteiger partial charge in [0.1, 0.15) is 15.5 Å². The Kier molecular flexibility index (Phi) is 6.79. The molecule has 0 unspecified atom stereocenters. The fraction of sp³-hybridized carbons (Fsp3) is 0.227. The van der Waals surface area contributed by atoms with Crippen LogP contribution in [0, 0.1) is 0 Å². The number of ether oxygens (including phenoxy) is 1. The van der Waals surface area contributed by atoms with Gasteiger partial charge in [0.2, 0.25) is 0 Å². The van der Waals surface area contributed by atoms with Gasteiger partial charge in [-0.25, -0.2) is 8.42 Å². The van der Waals surface area contributed by atoms with Crippen LogP contribution in [0.1, 0.15) is 35.1 Å². The summed E-state index contributed by atoms with van der Waals surface area (Å²) < 4.78 is 33.0. The molecule has 1 atom stereocenters. The molecule has 0 fully saturated rings. The van der Waals surface area contributed by atoms with Crippen LogP contribution >= 0.6 is 11.3 Å². The van der Waals surface area contributed by atoms with Gasteiger partial charge in [-0.1, -0.05) is 30.3 Å². The molecule has 0 aliphatic heterocycles. The van der Waals surface area contributed by atoms with Crippen LogP contribution in [-0.4, -0.2) is 28.0 Å². The summed E-state index contributed by atoms with van der Waals surface area (Å²) in [5, 5.41) is 4.50. The average molecular weight is 445 g/mol. The summed E-state index contributed by atoms with van der Waals surface area (Å²) in [6.07, 6.45) is 0. The highest BCUT2D eigenvalue weighted by Crippen LogP contribution is 2.29. The SMILES string of the molecule is CCOc1ccc(N(C)S(=O)(=O)c2ccsc2C(=O)N[C@H](C)c2ccccc2)cc1. The summed E-state index contributed by atoms with van der Waals surface area (Å²) in [6, 6.07) is 17.5. The highest BCUT2D eigenvalue weighted by molar-refractivity contribution is 7.93. The number of carbonyl (C=O) groups is 1. The van der Waals surface area contributed by atoms with Gasteiger partial charge in [-0.3, -0.25) is 9.10 Å². The van der Waals surface area contributed by atoms with Crippen LogP contribution in [0.2, 0.25) is 0 Å². The number of anilines is 1. The van der Waals surface area contributed by atoms with E-state index in [1.165, 1.54) is 17.4 Å². The first kappa shape index (κ1) is 21.9. The predicted molar refractivity (Wildman–Crippen MR) is 120 cm³/mol. The van der Waals surface area contributed by atoms with E-state index in [4.69, 9.17) is 4.74 Å². The first-order chi connectivity index (χ1) is 14.3. The lowest BCUT2D eigenvalue weighted by atomic mass is 10.1. The Labute approximate surface area is 181 Å². The molecular weight excluding hydrogens is 420 g/mol. The number of nitrogens with zero attached hydrogens (tertiary/aromatic N) is 1. The fourth-order valence-corrected chi connectivity index (χ4v) is 5.46. The molecule has 0 saturated carbocycles. The summed E-state index contributed by atoms with van der Waals surface area (Å²) in [5.41, 5.74) is 1.42. The third kappa shape index (κ3) is 4.66. The summed E-state index contributed by atoms with van der Waals surface area (Å²) in [6.45, 7) is 4.27. The number of rotatable bonds is 8. The van der Waals surface area contributed by atoms with Gasteiger partial charge >= 0.3 is 0 Å². The standard InChI is InChI=1S/C22H24N2O4S2/c1-4-28-19-12-10-18(11-13-19)24(3)30(26,27)20-14-15-29-21(20)22(25)23-16(2)17-8-6-5-7-9-17/h5-16H,4H2,1-3H3,(H,23,25)/t16-/m1/s1. The van der Waals surface area contributed by atoms with Crippen LogP contribution in [0.5, 0.6) is 5.75 Å². The molecule has 1 N–H and O–H groups in total. The van der Waals surface area contributed by atoms with Crippen LogP contribution in [0.25, 0.3) is 0 Å². The molecule has 0 saturated heterocycles. The maximum absolute atomic E-state index is 13.2. The molecule has 3 aromatic rings. The van der Waals surface area contributed by atoms with Crippen molar-refractivity contribution in [3.8, 4) is 5.75 Å². The molecular formula is C22H24N2O4S2. The Bertz CT molecular complexity index is 1090. The number of benzene rings is 2.